The van der Waals surface area contributed by atoms with Gasteiger partial charge in [0.1, 0.15) is 0 Å². The highest BCUT2D eigenvalue weighted by Gasteiger charge is 2.24. The van der Waals surface area contributed by atoms with E-state index in [1.54, 1.807) is 0 Å². The lowest BCUT2D eigenvalue weighted by atomic mass is 10.0. The molecule has 0 aromatic heterocycles. The van der Waals surface area contributed by atoms with Crippen molar-refractivity contribution in [1.82, 2.24) is 4.90 Å². The molecule has 0 amide bonds. The summed E-state index contributed by atoms with van der Waals surface area (Å²) >= 11 is 5.64. The minimum absolute atomic E-state index is 0.777. The SMILES string of the molecule is CC1CN(CCCl)CC1C. The summed E-state index contributed by atoms with van der Waals surface area (Å²) in [6.07, 6.45) is 0. The summed E-state index contributed by atoms with van der Waals surface area (Å²) < 4.78 is 0. The van der Waals surface area contributed by atoms with Gasteiger partial charge in [0.25, 0.3) is 0 Å². The van der Waals surface area contributed by atoms with E-state index in [1.807, 2.05) is 0 Å². The lowest BCUT2D eigenvalue weighted by molar-refractivity contribution is 0.344. The van der Waals surface area contributed by atoms with Crippen molar-refractivity contribution in [3.05, 3.63) is 0 Å². The van der Waals surface area contributed by atoms with Crippen LogP contribution in [0.15, 0.2) is 0 Å². The molecule has 2 unspecified atom stereocenters. The number of hydrogen-bond acceptors (Lipinski definition) is 1. The average Bonchev–Trinajstić information content (AvgIpc) is 2.14. The van der Waals surface area contributed by atoms with Crippen LogP contribution in [0, 0.1) is 11.8 Å². The van der Waals surface area contributed by atoms with E-state index < -0.39 is 0 Å². The second-order valence-corrected chi connectivity index (χ2v) is 3.78. The highest BCUT2D eigenvalue weighted by atomic mass is 35.5. The smallest absolute Gasteiger partial charge is 0.0351 e. The monoisotopic (exact) mass is 161 g/mol. The van der Waals surface area contributed by atoms with Crippen molar-refractivity contribution in [2.75, 3.05) is 25.5 Å². The van der Waals surface area contributed by atoms with Gasteiger partial charge in [0.15, 0.2) is 0 Å². The van der Waals surface area contributed by atoms with E-state index in [-0.39, 0.29) is 0 Å². The average molecular weight is 162 g/mol. The quantitative estimate of drug-likeness (QED) is 0.559. The highest BCUT2D eigenvalue weighted by molar-refractivity contribution is 6.18. The summed E-state index contributed by atoms with van der Waals surface area (Å²) in [6, 6.07) is 0. The molecule has 0 spiro atoms. The van der Waals surface area contributed by atoms with Crippen LogP contribution in [0.5, 0.6) is 0 Å². The number of alkyl halides is 1. The zero-order chi connectivity index (χ0) is 7.56. The van der Waals surface area contributed by atoms with E-state index in [0.29, 0.717) is 0 Å². The molecule has 0 saturated carbocycles. The second-order valence-electron chi connectivity index (χ2n) is 3.40. The molecule has 0 aromatic carbocycles. The molecule has 1 aliphatic rings. The van der Waals surface area contributed by atoms with Crippen LogP contribution < -0.4 is 0 Å². The number of hydrogen-bond donors (Lipinski definition) is 0. The summed E-state index contributed by atoms with van der Waals surface area (Å²) in [7, 11) is 0. The fourth-order valence-electron chi connectivity index (χ4n) is 1.55. The summed E-state index contributed by atoms with van der Waals surface area (Å²) in [5.41, 5.74) is 0. The van der Waals surface area contributed by atoms with Gasteiger partial charge in [0.2, 0.25) is 0 Å². The van der Waals surface area contributed by atoms with Crippen LogP contribution in [0.1, 0.15) is 13.8 Å². The maximum Gasteiger partial charge on any atom is 0.0351 e. The molecular weight excluding hydrogens is 146 g/mol. The Morgan fingerprint density at radius 3 is 2.20 bits per heavy atom. The molecule has 10 heavy (non-hydrogen) atoms. The molecule has 1 nitrogen and oxygen atoms in total. The van der Waals surface area contributed by atoms with Crippen molar-refractivity contribution in [2.24, 2.45) is 11.8 Å². The standard InChI is InChI=1S/C8H16ClN/c1-7-5-10(4-3-9)6-8(7)2/h7-8H,3-6H2,1-2H3. The van der Waals surface area contributed by atoms with Crippen LogP contribution in [0.3, 0.4) is 0 Å². The first-order valence-corrected chi connectivity index (χ1v) is 4.55. The summed E-state index contributed by atoms with van der Waals surface area (Å²) in [5.74, 6) is 2.51. The molecule has 0 radical (unpaired) electrons. The van der Waals surface area contributed by atoms with Gasteiger partial charge in [-0.25, -0.2) is 0 Å². The number of halogens is 1. The van der Waals surface area contributed by atoms with Gasteiger partial charge in [0.05, 0.1) is 0 Å². The third-order valence-electron chi connectivity index (χ3n) is 2.46. The minimum atomic E-state index is 0.777. The molecule has 1 heterocycles. The number of likely N-dealkylation sites (tertiary alicyclic amines) is 1. The number of rotatable bonds is 2. The minimum Gasteiger partial charge on any atom is -0.302 e. The Hall–Kier alpha value is 0.250. The Labute approximate surface area is 68.4 Å². The molecule has 1 saturated heterocycles. The molecule has 0 N–H and O–H groups in total. The summed E-state index contributed by atoms with van der Waals surface area (Å²) in [5, 5.41) is 0. The molecule has 2 heteroatoms. The van der Waals surface area contributed by atoms with Crippen molar-refractivity contribution in [1.29, 1.82) is 0 Å². The van der Waals surface area contributed by atoms with E-state index in [4.69, 9.17) is 11.6 Å². The van der Waals surface area contributed by atoms with Gasteiger partial charge in [-0.05, 0) is 11.8 Å². The predicted molar refractivity (Wildman–Crippen MR) is 45.5 cm³/mol. The largest absolute Gasteiger partial charge is 0.302 e. The molecule has 0 aromatic rings. The maximum atomic E-state index is 5.64. The van der Waals surface area contributed by atoms with Gasteiger partial charge in [-0.3, -0.25) is 0 Å². The van der Waals surface area contributed by atoms with Crippen molar-refractivity contribution in [3.63, 3.8) is 0 Å². The van der Waals surface area contributed by atoms with E-state index >= 15 is 0 Å². The van der Waals surface area contributed by atoms with E-state index in [2.05, 4.69) is 18.7 Å². The lowest BCUT2D eigenvalue weighted by Crippen LogP contribution is -2.22. The Morgan fingerprint density at radius 2 is 1.80 bits per heavy atom. The normalized spacial score (nSPS) is 35.1. The first kappa shape index (κ1) is 8.35. The van der Waals surface area contributed by atoms with Gasteiger partial charge in [-0.1, -0.05) is 13.8 Å². The molecule has 2 atom stereocenters. The Kier molecular flexibility index (Phi) is 2.99. The Balaban J connectivity index is 2.27. The highest BCUT2D eigenvalue weighted by Crippen LogP contribution is 2.21. The molecule has 60 valence electrons. The van der Waals surface area contributed by atoms with E-state index in [9.17, 15) is 0 Å². The second kappa shape index (κ2) is 3.59. The van der Waals surface area contributed by atoms with Crippen molar-refractivity contribution >= 4 is 11.6 Å². The fraction of sp³-hybridized carbons (Fsp3) is 1.00. The Morgan fingerprint density at radius 1 is 1.30 bits per heavy atom. The molecule has 0 aliphatic carbocycles. The van der Waals surface area contributed by atoms with Crippen molar-refractivity contribution in [3.8, 4) is 0 Å². The summed E-state index contributed by atoms with van der Waals surface area (Å²) in [4.78, 5) is 2.45. The fourth-order valence-corrected chi connectivity index (χ4v) is 1.79. The van der Waals surface area contributed by atoms with Crippen LogP contribution in [-0.2, 0) is 0 Å². The zero-order valence-electron chi connectivity index (χ0n) is 6.81. The first-order valence-electron chi connectivity index (χ1n) is 4.02. The van der Waals surface area contributed by atoms with E-state index in [0.717, 1.165) is 24.3 Å². The van der Waals surface area contributed by atoms with Crippen LogP contribution in [-0.4, -0.2) is 30.4 Å². The van der Waals surface area contributed by atoms with Gasteiger partial charge in [-0.2, -0.15) is 0 Å². The molecule has 0 bridgehead atoms. The van der Waals surface area contributed by atoms with Crippen molar-refractivity contribution in [2.45, 2.75) is 13.8 Å². The number of nitrogens with zero attached hydrogens (tertiary/aromatic N) is 1. The van der Waals surface area contributed by atoms with Crippen LogP contribution in [0.25, 0.3) is 0 Å². The van der Waals surface area contributed by atoms with Gasteiger partial charge in [-0.15, -0.1) is 11.6 Å². The lowest BCUT2D eigenvalue weighted by Gasteiger charge is -2.11. The molecule has 1 aliphatic heterocycles. The topological polar surface area (TPSA) is 3.24 Å². The predicted octanol–water partition coefficient (Wildman–Crippen LogP) is 1.81. The maximum absolute atomic E-state index is 5.64. The summed E-state index contributed by atoms with van der Waals surface area (Å²) in [6.45, 7) is 8.19. The van der Waals surface area contributed by atoms with Crippen LogP contribution >= 0.6 is 11.6 Å². The van der Waals surface area contributed by atoms with Crippen molar-refractivity contribution < 1.29 is 0 Å². The van der Waals surface area contributed by atoms with Crippen LogP contribution in [0.2, 0.25) is 0 Å². The third-order valence-corrected chi connectivity index (χ3v) is 2.63. The third kappa shape index (κ3) is 1.86. The zero-order valence-corrected chi connectivity index (χ0v) is 7.56. The molecule has 1 fully saturated rings. The van der Waals surface area contributed by atoms with Gasteiger partial charge in [0, 0.05) is 25.5 Å². The first-order chi connectivity index (χ1) is 4.74. The molecule has 1 rings (SSSR count). The molecular formula is C8H16ClN. The van der Waals surface area contributed by atoms with Crippen LogP contribution in [0.4, 0.5) is 0 Å². The van der Waals surface area contributed by atoms with E-state index in [1.165, 1.54) is 13.1 Å². The van der Waals surface area contributed by atoms with Gasteiger partial charge >= 0.3 is 0 Å². The Bertz CT molecular complexity index is 95.4. The van der Waals surface area contributed by atoms with Gasteiger partial charge < -0.3 is 4.90 Å².